The molecule has 1 atom stereocenters. The summed E-state index contributed by atoms with van der Waals surface area (Å²) in [5, 5.41) is 5.35. The number of anilines is 1. The third kappa shape index (κ3) is 7.36. The Labute approximate surface area is 246 Å². The molecule has 0 bridgehead atoms. The van der Waals surface area contributed by atoms with Gasteiger partial charge in [-0.05, 0) is 82.7 Å². The summed E-state index contributed by atoms with van der Waals surface area (Å²) in [6, 6.07) is 14.2. The molecule has 0 radical (unpaired) electrons. The average molecular weight is 573 g/mol. The van der Waals surface area contributed by atoms with E-state index in [9.17, 15) is 9.59 Å². The molecule has 216 valence electrons. The van der Waals surface area contributed by atoms with Gasteiger partial charge in [0.25, 0.3) is 0 Å². The van der Waals surface area contributed by atoms with Crippen molar-refractivity contribution in [3.63, 3.8) is 0 Å². The maximum atomic E-state index is 13.6. The number of benzene rings is 2. The van der Waals surface area contributed by atoms with Crippen molar-refractivity contribution in [1.82, 2.24) is 15.3 Å². The number of hydrogen-bond donors (Lipinski definition) is 2. The minimum atomic E-state index is -0.498. The quantitative estimate of drug-likeness (QED) is 0.219. The van der Waals surface area contributed by atoms with Crippen LogP contribution in [-0.4, -0.2) is 40.5 Å². The zero-order valence-corrected chi connectivity index (χ0v) is 25.3. The van der Waals surface area contributed by atoms with E-state index >= 15 is 0 Å². The number of nitrogens with zero attached hydrogens (tertiary/aromatic N) is 2. The Morgan fingerprint density at radius 1 is 1.12 bits per heavy atom. The highest BCUT2D eigenvalue weighted by atomic mass is 32.1. The molecular weight excluding hydrogens is 532 g/mol. The Bertz CT molecular complexity index is 1510. The van der Waals surface area contributed by atoms with Gasteiger partial charge in [-0.15, -0.1) is 11.3 Å². The van der Waals surface area contributed by atoms with Crippen molar-refractivity contribution >= 4 is 39.8 Å². The van der Waals surface area contributed by atoms with E-state index in [1.54, 1.807) is 11.3 Å². The summed E-state index contributed by atoms with van der Waals surface area (Å²) >= 11 is 1.62. The Balaban J connectivity index is 1.34. The molecule has 1 aliphatic heterocycles. The third-order valence-electron chi connectivity index (χ3n) is 7.39. The van der Waals surface area contributed by atoms with Gasteiger partial charge < -0.3 is 19.9 Å². The molecule has 1 fully saturated rings. The van der Waals surface area contributed by atoms with E-state index in [1.165, 1.54) is 24.9 Å². The van der Waals surface area contributed by atoms with Gasteiger partial charge in [0, 0.05) is 54.1 Å². The molecule has 1 aliphatic rings. The van der Waals surface area contributed by atoms with Crippen molar-refractivity contribution in [2.75, 3.05) is 18.0 Å². The SMILES string of the molecule is Cc1ncc(C(NC(=O)Cc2ccc3[nH]cc(CCC(=O)OC(C)(C)C)c3c2)c2ccccc2N2CCCCC2)s1. The van der Waals surface area contributed by atoms with Crippen molar-refractivity contribution in [1.29, 1.82) is 0 Å². The number of aromatic nitrogens is 2. The summed E-state index contributed by atoms with van der Waals surface area (Å²) < 4.78 is 5.47. The van der Waals surface area contributed by atoms with Crippen LogP contribution in [0.5, 0.6) is 0 Å². The minimum absolute atomic E-state index is 0.0420. The van der Waals surface area contributed by atoms with Crippen molar-refractivity contribution in [3.8, 4) is 0 Å². The Morgan fingerprint density at radius 3 is 2.63 bits per heavy atom. The molecule has 8 heteroatoms. The number of rotatable bonds is 9. The number of esters is 1. The number of ether oxygens (including phenoxy) is 1. The van der Waals surface area contributed by atoms with Crippen LogP contribution in [0, 0.1) is 6.92 Å². The van der Waals surface area contributed by atoms with Gasteiger partial charge in [0.05, 0.1) is 22.3 Å². The first-order valence-corrected chi connectivity index (χ1v) is 15.3. The summed E-state index contributed by atoms with van der Waals surface area (Å²) in [6.45, 7) is 9.69. The molecule has 41 heavy (non-hydrogen) atoms. The largest absolute Gasteiger partial charge is 0.460 e. The summed E-state index contributed by atoms with van der Waals surface area (Å²) in [4.78, 5) is 37.1. The number of amides is 1. The number of para-hydroxylation sites is 1. The predicted octanol–water partition coefficient (Wildman–Crippen LogP) is 6.65. The molecule has 2 N–H and O–H groups in total. The molecule has 1 saturated heterocycles. The number of carbonyl (C=O) groups is 2. The van der Waals surface area contributed by atoms with Gasteiger partial charge >= 0.3 is 5.97 Å². The fraction of sp³-hybridized carbons (Fsp3) is 0.424. The lowest BCUT2D eigenvalue weighted by Crippen LogP contribution is -2.34. The molecule has 5 rings (SSSR count). The topological polar surface area (TPSA) is 87.3 Å². The fourth-order valence-electron chi connectivity index (χ4n) is 5.54. The van der Waals surface area contributed by atoms with E-state index < -0.39 is 5.60 Å². The van der Waals surface area contributed by atoms with Crippen LogP contribution in [0.1, 0.15) is 79.1 Å². The van der Waals surface area contributed by atoms with Gasteiger partial charge in [0.2, 0.25) is 5.91 Å². The van der Waals surface area contributed by atoms with Gasteiger partial charge in [0.15, 0.2) is 0 Å². The van der Waals surface area contributed by atoms with Crippen LogP contribution in [0.15, 0.2) is 54.9 Å². The summed E-state index contributed by atoms with van der Waals surface area (Å²) in [6.07, 6.45) is 8.61. The Morgan fingerprint density at radius 2 is 1.90 bits per heavy atom. The number of fused-ring (bicyclic) bond motifs is 1. The van der Waals surface area contributed by atoms with Gasteiger partial charge in [-0.2, -0.15) is 0 Å². The van der Waals surface area contributed by atoms with Gasteiger partial charge in [-0.25, -0.2) is 4.98 Å². The van der Waals surface area contributed by atoms with E-state index in [4.69, 9.17) is 4.74 Å². The second-order valence-electron chi connectivity index (χ2n) is 11.8. The maximum absolute atomic E-state index is 13.6. The lowest BCUT2D eigenvalue weighted by molar-refractivity contribution is -0.154. The second kappa shape index (κ2) is 12.5. The van der Waals surface area contributed by atoms with E-state index in [-0.39, 0.29) is 24.3 Å². The zero-order valence-electron chi connectivity index (χ0n) is 24.5. The number of aryl methyl sites for hydroxylation is 2. The van der Waals surface area contributed by atoms with Crippen molar-refractivity contribution < 1.29 is 14.3 Å². The number of aromatic amines is 1. The highest BCUT2D eigenvalue weighted by molar-refractivity contribution is 7.11. The maximum Gasteiger partial charge on any atom is 0.306 e. The van der Waals surface area contributed by atoms with Crippen LogP contribution in [-0.2, 0) is 27.2 Å². The third-order valence-corrected chi connectivity index (χ3v) is 8.37. The van der Waals surface area contributed by atoms with Crippen LogP contribution in [0.3, 0.4) is 0 Å². The van der Waals surface area contributed by atoms with E-state index in [0.29, 0.717) is 12.8 Å². The highest BCUT2D eigenvalue weighted by Crippen LogP contribution is 2.35. The average Bonchev–Trinajstić information content (AvgIpc) is 3.56. The monoisotopic (exact) mass is 572 g/mol. The predicted molar refractivity (Wildman–Crippen MR) is 166 cm³/mol. The molecular formula is C33H40N4O3S. The lowest BCUT2D eigenvalue weighted by Gasteiger charge is -2.32. The van der Waals surface area contributed by atoms with E-state index in [1.807, 2.05) is 52.2 Å². The van der Waals surface area contributed by atoms with Gasteiger partial charge in [-0.3, -0.25) is 9.59 Å². The molecule has 2 aromatic carbocycles. The Hall–Kier alpha value is -3.65. The molecule has 3 heterocycles. The second-order valence-corrected chi connectivity index (χ2v) is 13.1. The molecule has 0 aliphatic carbocycles. The molecule has 1 unspecified atom stereocenters. The number of hydrogen-bond acceptors (Lipinski definition) is 6. The van der Waals surface area contributed by atoms with Crippen LogP contribution < -0.4 is 10.2 Å². The first-order chi connectivity index (χ1) is 19.7. The van der Waals surface area contributed by atoms with Crippen LogP contribution in [0.4, 0.5) is 5.69 Å². The molecule has 1 amide bonds. The van der Waals surface area contributed by atoms with Crippen molar-refractivity contribution in [2.24, 2.45) is 0 Å². The van der Waals surface area contributed by atoms with Crippen LogP contribution in [0.2, 0.25) is 0 Å². The standard InChI is InChI=1S/C33H40N4O3S/c1-22-34-21-29(41-22)32(25-10-6-7-11-28(25)37-16-8-5-9-17-37)36-30(38)19-23-12-14-27-26(18-23)24(20-35-27)13-15-31(39)40-33(2,3)4/h6-7,10-12,14,18,20-21,32,35H,5,8-9,13,15-17,19H2,1-4H3,(H,36,38). The van der Waals surface area contributed by atoms with Gasteiger partial charge in [0.1, 0.15) is 5.60 Å². The number of piperidine rings is 1. The molecule has 0 spiro atoms. The molecule has 4 aromatic rings. The fourth-order valence-corrected chi connectivity index (χ4v) is 6.39. The first-order valence-electron chi connectivity index (χ1n) is 14.5. The number of nitrogens with one attached hydrogen (secondary N) is 2. The molecule has 0 saturated carbocycles. The summed E-state index contributed by atoms with van der Waals surface area (Å²) in [5.41, 5.74) is 4.76. The van der Waals surface area contributed by atoms with E-state index in [0.717, 1.165) is 50.6 Å². The van der Waals surface area contributed by atoms with Crippen molar-refractivity contribution in [2.45, 2.75) is 77.9 Å². The number of H-pyrrole nitrogens is 1. The summed E-state index contributed by atoms with van der Waals surface area (Å²) in [7, 11) is 0. The normalized spacial score (nSPS) is 14.7. The summed E-state index contributed by atoms with van der Waals surface area (Å²) in [5.74, 6) is -0.253. The molecule has 7 nitrogen and oxygen atoms in total. The van der Waals surface area contributed by atoms with Gasteiger partial charge in [-0.1, -0.05) is 24.3 Å². The van der Waals surface area contributed by atoms with Crippen LogP contribution in [0.25, 0.3) is 10.9 Å². The highest BCUT2D eigenvalue weighted by Gasteiger charge is 2.25. The zero-order chi connectivity index (χ0) is 29.0. The number of thiazole rings is 1. The van der Waals surface area contributed by atoms with Crippen molar-refractivity contribution in [3.05, 3.63) is 81.4 Å². The number of carbonyl (C=O) groups excluding carboxylic acids is 2. The first kappa shape index (κ1) is 28.9. The minimum Gasteiger partial charge on any atom is -0.460 e. The van der Waals surface area contributed by atoms with Crippen LogP contribution >= 0.6 is 11.3 Å². The van der Waals surface area contributed by atoms with E-state index in [2.05, 4.69) is 50.5 Å². The Kier molecular flexibility index (Phi) is 8.78. The smallest absolute Gasteiger partial charge is 0.306 e. The molecule has 2 aromatic heterocycles. The lowest BCUT2D eigenvalue weighted by atomic mass is 10.00.